The molecule has 62 valence electrons. The van der Waals surface area contributed by atoms with Gasteiger partial charge in [-0.25, -0.2) is 8.78 Å². The zero-order valence-electron chi connectivity index (χ0n) is 6.48. The topological polar surface area (TPSA) is 0 Å². The van der Waals surface area contributed by atoms with Crippen LogP contribution in [0.2, 0.25) is 0 Å². The van der Waals surface area contributed by atoms with E-state index in [1.807, 2.05) is 12.2 Å². The molecular weight excluding hydrogens is 158 g/mol. The molecule has 0 heterocycles. The molecule has 1 aromatic rings. The van der Waals surface area contributed by atoms with Crippen LogP contribution in [0.25, 0.3) is 0 Å². The second-order valence-corrected chi connectivity index (χ2v) is 2.88. The summed E-state index contributed by atoms with van der Waals surface area (Å²) in [7, 11) is 0. The van der Waals surface area contributed by atoms with Crippen molar-refractivity contribution in [1.29, 1.82) is 0 Å². The standard InChI is InChI=1S/C10H8F2/c11-9-6-5-7-3-1-2-4-8(7)10(9)12/h1-2,5-6H,3-4H2. The number of hydrogen-bond acceptors (Lipinski definition) is 0. The van der Waals surface area contributed by atoms with E-state index in [4.69, 9.17) is 0 Å². The molecule has 0 nitrogen and oxygen atoms in total. The Bertz CT molecular complexity index is 340. The smallest absolute Gasteiger partial charge is 0.162 e. The molecule has 0 saturated heterocycles. The molecule has 0 atom stereocenters. The molecule has 1 aliphatic rings. The molecule has 0 radical (unpaired) electrons. The summed E-state index contributed by atoms with van der Waals surface area (Å²) in [6.07, 6.45) is 5.07. The number of allylic oxidation sites excluding steroid dienone is 2. The minimum atomic E-state index is -0.746. The predicted molar refractivity (Wildman–Crippen MR) is 42.9 cm³/mol. The third-order valence-corrected chi connectivity index (χ3v) is 2.12. The van der Waals surface area contributed by atoms with E-state index in [9.17, 15) is 8.78 Å². The molecular formula is C10H8F2. The molecule has 0 aliphatic heterocycles. The van der Waals surface area contributed by atoms with E-state index in [0.717, 1.165) is 5.56 Å². The van der Waals surface area contributed by atoms with Gasteiger partial charge in [-0.2, -0.15) is 0 Å². The average molecular weight is 166 g/mol. The fourth-order valence-electron chi connectivity index (χ4n) is 1.46. The number of fused-ring (bicyclic) bond motifs is 1. The second-order valence-electron chi connectivity index (χ2n) is 2.88. The summed E-state index contributed by atoms with van der Waals surface area (Å²) >= 11 is 0. The van der Waals surface area contributed by atoms with Gasteiger partial charge >= 0.3 is 0 Å². The van der Waals surface area contributed by atoms with Gasteiger partial charge in [-0.1, -0.05) is 18.2 Å². The third kappa shape index (κ3) is 1.04. The van der Waals surface area contributed by atoms with Gasteiger partial charge < -0.3 is 0 Å². The Morgan fingerprint density at radius 3 is 2.58 bits per heavy atom. The van der Waals surface area contributed by atoms with Crippen molar-refractivity contribution in [3.05, 3.63) is 47.0 Å². The summed E-state index contributed by atoms with van der Waals surface area (Å²) < 4.78 is 25.8. The summed E-state index contributed by atoms with van der Waals surface area (Å²) in [5.41, 5.74) is 1.41. The molecule has 0 spiro atoms. The quantitative estimate of drug-likeness (QED) is 0.520. The van der Waals surface area contributed by atoms with Gasteiger partial charge in [0.25, 0.3) is 0 Å². The van der Waals surface area contributed by atoms with Gasteiger partial charge in [0.1, 0.15) is 0 Å². The van der Waals surface area contributed by atoms with Crippen LogP contribution in [0.3, 0.4) is 0 Å². The number of rotatable bonds is 0. The highest BCUT2D eigenvalue weighted by atomic mass is 19.2. The Hall–Kier alpha value is -1.18. The normalized spacial score (nSPS) is 14.5. The first-order valence-electron chi connectivity index (χ1n) is 3.90. The largest absolute Gasteiger partial charge is 0.204 e. The van der Waals surface area contributed by atoms with Crippen LogP contribution >= 0.6 is 0 Å². The Morgan fingerprint density at radius 1 is 1.00 bits per heavy atom. The third-order valence-electron chi connectivity index (χ3n) is 2.12. The monoisotopic (exact) mass is 166 g/mol. The van der Waals surface area contributed by atoms with E-state index in [0.29, 0.717) is 18.4 Å². The zero-order chi connectivity index (χ0) is 8.55. The van der Waals surface area contributed by atoms with Crippen LogP contribution in [-0.2, 0) is 12.8 Å². The minimum Gasteiger partial charge on any atom is -0.204 e. The van der Waals surface area contributed by atoms with Gasteiger partial charge in [-0.3, -0.25) is 0 Å². The van der Waals surface area contributed by atoms with Crippen molar-refractivity contribution in [2.45, 2.75) is 12.8 Å². The first kappa shape index (κ1) is 7.47. The maximum Gasteiger partial charge on any atom is 0.162 e. The van der Waals surface area contributed by atoms with Crippen molar-refractivity contribution in [2.24, 2.45) is 0 Å². The van der Waals surface area contributed by atoms with Crippen molar-refractivity contribution in [1.82, 2.24) is 0 Å². The Kier molecular flexibility index (Phi) is 1.68. The van der Waals surface area contributed by atoms with Crippen molar-refractivity contribution >= 4 is 0 Å². The van der Waals surface area contributed by atoms with E-state index >= 15 is 0 Å². The molecule has 1 aliphatic carbocycles. The maximum atomic E-state index is 13.1. The summed E-state index contributed by atoms with van der Waals surface area (Å²) in [6.45, 7) is 0. The molecule has 12 heavy (non-hydrogen) atoms. The molecule has 2 rings (SSSR count). The lowest BCUT2D eigenvalue weighted by molar-refractivity contribution is 0.499. The van der Waals surface area contributed by atoms with Crippen molar-refractivity contribution < 1.29 is 8.78 Å². The van der Waals surface area contributed by atoms with Crippen LogP contribution < -0.4 is 0 Å². The summed E-state index contributed by atoms with van der Waals surface area (Å²) in [5, 5.41) is 0. The van der Waals surface area contributed by atoms with Crippen LogP contribution in [0.4, 0.5) is 8.78 Å². The highest BCUT2D eigenvalue weighted by Gasteiger charge is 2.13. The number of benzene rings is 1. The lowest BCUT2D eigenvalue weighted by Gasteiger charge is -2.11. The first-order valence-corrected chi connectivity index (χ1v) is 3.90. The summed E-state index contributed by atoms with van der Waals surface area (Å²) in [4.78, 5) is 0. The molecule has 0 amide bonds. The van der Waals surface area contributed by atoms with Crippen LogP contribution in [0.5, 0.6) is 0 Å². The Balaban J connectivity index is 2.58. The highest BCUT2D eigenvalue weighted by Crippen LogP contribution is 2.21. The van der Waals surface area contributed by atoms with Gasteiger partial charge in [0, 0.05) is 0 Å². The summed E-state index contributed by atoms with van der Waals surface area (Å²) in [5.74, 6) is -1.43. The van der Waals surface area contributed by atoms with Crippen LogP contribution in [-0.4, -0.2) is 0 Å². The Labute approximate surface area is 69.5 Å². The molecule has 0 bridgehead atoms. The number of halogens is 2. The molecule has 0 aromatic heterocycles. The van der Waals surface area contributed by atoms with Gasteiger partial charge in [0.15, 0.2) is 11.6 Å². The SMILES string of the molecule is Fc1ccc2c(c1F)CC=CC2. The lowest BCUT2D eigenvalue weighted by Crippen LogP contribution is -2.02. The molecule has 0 saturated carbocycles. The van der Waals surface area contributed by atoms with E-state index < -0.39 is 11.6 Å². The fraction of sp³-hybridized carbons (Fsp3) is 0.200. The molecule has 0 fully saturated rings. The van der Waals surface area contributed by atoms with Gasteiger partial charge in [-0.05, 0) is 30.0 Å². The molecule has 0 unspecified atom stereocenters. The summed E-state index contributed by atoms with van der Waals surface area (Å²) in [6, 6.07) is 2.84. The van der Waals surface area contributed by atoms with Crippen LogP contribution in [0, 0.1) is 11.6 Å². The Morgan fingerprint density at radius 2 is 1.75 bits per heavy atom. The van der Waals surface area contributed by atoms with E-state index in [1.165, 1.54) is 6.07 Å². The van der Waals surface area contributed by atoms with Crippen LogP contribution in [0.1, 0.15) is 11.1 Å². The number of hydrogen-bond donors (Lipinski definition) is 0. The molecule has 1 aromatic carbocycles. The van der Waals surface area contributed by atoms with Crippen molar-refractivity contribution in [2.75, 3.05) is 0 Å². The first-order chi connectivity index (χ1) is 5.79. The second kappa shape index (κ2) is 2.70. The predicted octanol–water partition coefficient (Wildman–Crippen LogP) is 2.62. The fourth-order valence-corrected chi connectivity index (χ4v) is 1.46. The lowest BCUT2D eigenvalue weighted by atomic mass is 9.96. The highest BCUT2D eigenvalue weighted by molar-refractivity contribution is 5.35. The zero-order valence-corrected chi connectivity index (χ0v) is 6.48. The van der Waals surface area contributed by atoms with Crippen LogP contribution in [0.15, 0.2) is 24.3 Å². The van der Waals surface area contributed by atoms with Gasteiger partial charge in [0.05, 0.1) is 0 Å². The minimum absolute atomic E-state index is 0.512. The van der Waals surface area contributed by atoms with Crippen molar-refractivity contribution in [3.63, 3.8) is 0 Å². The molecule has 0 N–H and O–H groups in total. The van der Waals surface area contributed by atoms with E-state index in [-0.39, 0.29) is 0 Å². The molecule has 2 heteroatoms. The van der Waals surface area contributed by atoms with Gasteiger partial charge in [0.2, 0.25) is 0 Å². The van der Waals surface area contributed by atoms with Gasteiger partial charge in [-0.15, -0.1) is 0 Å². The van der Waals surface area contributed by atoms with Crippen molar-refractivity contribution in [3.8, 4) is 0 Å². The van der Waals surface area contributed by atoms with E-state index in [2.05, 4.69) is 0 Å². The average Bonchev–Trinajstić information content (AvgIpc) is 2.12. The van der Waals surface area contributed by atoms with E-state index in [1.54, 1.807) is 6.07 Å². The maximum absolute atomic E-state index is 13.1.